The summed E-state index contributed by atoms with van der Waals surface area (Å²) in [7, 11) is 0. The van der Waals surface area contributed by atoms with Gasteiger partial charge in [0.25, 0.3) is 0 Å². The van der Waals surface area contributed by atoms with Gasteiger partial charge in [0.05, 0.1) is 0 Å². The predicted molar refractivity (Wildman–Crippen MR) is 109 cm³/mol. The summed E-state index contributed by atoms with van der Waals surface area (Å²) in [4.78, 5) is 0. The van der Waals surface area contributed by atoms with Gasteiger partial charge in [-0.05, 0) is 24.0 Å². The minimum absolute atomic E-state index is 0. The number of rotatable bonds is 2. The number of hydrogen-bond acceptors (Lipinski definition) is 0. The Morgan fingerprint density at radius 2 is 0.846 bits per heavy atom. The van der Waals surface area contributed by atoms with E-state index in [4.69, 9.17) is 0 Å². The van der Waals surface area contributed by atoms with Crippen molar-refractivity contribution in [2.24, 2.45) is 5.92 Å². The van der Waals surface area contributed by atoms with Crippen molar-refractivity contribution in [3.8, 4) is 0 Å². The van der Waals surface area contributed by atoms with E-state index in [1.54, 1.807) is 6.92 Å². The third-order valence-electron chi connectivity index (χ3n) is 2.50. The van der Waals surface area contributed by atoms with E-state index in [0.717, 1.165) is 12.8 Å². The first kappa shape index (κ1) is 42.0. The first-order valence-corrected chi connectivity index (χ1v) is 8.04. The van der Waals surface area contributed by atoms with Crippen LogP contribution in [0.3, 0.4) is 0 Å². The van der Waals surface area contributed by atoms with Crippen LogP contribution in [0, 0.1) is 26.7 Å². The van der Waals surface area contributed by atoms with Crippen molar-refractivity contribution < 1.29 is 98.1 Å². The molecular weight excluding hydrogens is 543 g/mol. The van der Waals surface area contributed by atoms with Crippen molar-refractivity contribution in [3.05, 3.63) is 92.6 Å². The Morgan fingerprint density at radius 3 is 0.962 bits per heavy atom. The molecule has 0 spiro atoms. The van der Waals surface area contributed by atoms with Gasteiger partial charge in [-0.2, -0.15) is 6.92 Å². The van der Waals surface area contributed by atoms with Crippen molar-refractivity contribution >= 4 is 0 Å². The fraction of sp³-hybridized carbons (Fsp3) is 0.348. The Labute approximate surface area is 241 Å². The molecule has 2 rings (SSSR count). The van der Waals surface area contributed by atoms with Crippen molar-refractivity contribution in [3.63, 3.8) is 0 Å². The molecule has 3 heteroatoms. The number of benzene rings is 2. The molecular formula is C23H37Y3-3. The summed E-state index contributed by atoms with van der Waals surface area (Å²) in [5.41, 5.74) is 2.82. The van der Waals surface area contributed by atoms with Gasteiger partial charge in [0, 0.05) is 98.1 Å². The van der Waals surface area contributed by atoms with Crippen molar-refractivity contribution in [2.75, 3.05) is 0 Å². The zero-order chi connectivity index (χ0) is 17.2. The van der Waals surface area contributed by atoms with Crippen LogP contribution < -0.4 is 0 Å². The summed E-state index contributed by atoms with van der Waals surface area (Å²) in [6.45, 7) is 18.3. The van der Waals surface area contributed by atoms with Crippen molar-refractivity contribution in [2.45, 2.75) is 48.0 Å². The summed E-state index contributed by atoms with van der Waals surface area (Å²) < 4.78 is 0. The van der Waals surface area contributed by atoms with E-state index in [-0.39, 0.29) is 106 Å². The molecule has 2 aromatic rings. The van der Waals surface area contributed by atoms with E-state index in [1.165, 1.54) is 11.1 Å². The van der Waals surface area contributed by atoms with Crippen LogP contribution in [0.15, 0.2) is 60.7 Å². The van der Waals surface area contributed by atoms with Crippen LogP contribution in [-0.4, -0.2) is 0 Å². The minimum Gasteiger partial charge on any atom is -0.370 e. The first-order chi connectivity index (χ1) is 10.6. The van der Waals surface area contributed by atoms with E-state index in [1.807, 2.05) is 19.1 Å². The smallest absolute Gasteiger partial charge is 0 e. The first-order valence-electron chi connectivity index (χ1n) is 8.04. The van der Waals surface area contributed by atoms with Crippen LogP contribution in [0.5, 0.6) is 0 Å². The van der Waals surface area contributed by atoms with Crippen LogP contribution >= 0.6 is 0 Å². The molecule has 0 aliphatic heterocycles. The Kier molecular flexibility index (Phi) is 55.3. The Hall–Kier alpha value is 1.75. The molecule has 0 saturated carbocycles. The Morgan fingerprint density at radius 1 is 0.654 bits per heavy atom. The van der Waals surface area contributed by atoms with Crippen molar-refractivity contribution in [1.29, 1.82) is 0 Å². The molecule has 0 N–H and O–H groups in total. The van der Waals surface area contributed by atoms with Gasteiger partial charge < -0.3 is 26.7 Å². The Balaban J connectivity index is -0.0000000533. The second-order valence-electron chi connectivity index (χ2n) is 4.78. The fourth-order valence-electron chi connectivity index (χ4n) is 1.43. The van der Waals surface area contributed by atoms with Crippen molar-refractivity contribution in [1.82, 2.24) is 0 Å². The van der Waals surface area contributed by atoms with E-state index in [9.17, 15) is 0 Å². The Bertz CT molecular complexity index is 372. The molecule has 26 heavy (non-hydrogen) atoms. The van der Waals surface area contributed by atoms with Crippen LogP contribution in [-0.2, 0) is 111 Å². The van der Waals surface area contributed by atoms with Crippen LogP contribution in [0.2, 0.25) is 0 Å². The van der Waals surface area contributed by atoms with E-state index >= 15 is 0 Å². The van der Waals surface area contributed by atoms with Gasteiger partial charge in [0.1, 0.15) is 0 Å². The minimum atomic E-state index is 0. The molecule has 0 aliphatic carbocycles. The number of hydrogen-bond donors (Lipinski definition) is 0. The number of aryl methyl sites for hydroxylation is 2. The molecule has 0 aromatic heterocycles. The van der Waals surface area contributed by atoms with Gasteiger partial charge in [0.2, 0.25) is 0 Å². The summed E-state index contributed by atoms with van der Waals surface area (Å²) in [6.07, 6.45) is 2.28. The maximum Gasteiger partial charge on any atom is 0 e. The van der Waals surface area contributed by atoms with Gasteiger partial charge in [-0.25, -0.2) is 0 Å². The molecule has 2 aromatic carbocycles. The zero-order valence-corrected chi connectivity index (χ0v) is 25.1. The monoisotopic (exact) mass is 580 g/mol. The summed E-state index contributed by atoms with van der Waals surface area (Å²) >= 11 is 0. The molecule has 0 unspecified atom stereocenters. The molecule has 0 aliphatic rings. The predicted octanol–water partition coefficient (Wildman–Crippen LogP) is 7.26. The summed E-state index contributed by atoms with van der Waals surface area (Å²) in [5, 5.41) is 0. The van der Waals surface area contributed by atoms with Crippen LogP contribution in [0.4, 0.5) is 0 Å². The fourth-order valence-corrected chi connectivity index (χ4v) is 1.43. The van der Waals surface area contributed by atoms with Crippen LogP contribution in [0.25, 0.3) is 0 Å². The van der Waals surface area contributed by atoms with Crippen LogP contribution in [0.1, 0.15) is 46.2 Å². The standard InChI is InChI=1S/2C8H10.C4H8.C2H5.CH4.3Y/c2*1-2-8-6-4-3-5-7-8;1-4(2)3;1-2;;;;/h2*3-7H,2H2,1H3;4H,1-2H2,3H3;1H2,2H3;1H4;;;/q;;-2;-1;;;;. The molecule has 141 valence electrons. The maximum atomic E-state index is 3.53. The SMILES string of the molecule is C.CCc1ccccc1.CCc1ccccc1.[CH2-]C.[CH2-]C([CH2-])C.[Y].[Y].[Y]. The quantitative estimate of drug-likeness (QED) is 0.329. The molecule has 0 saturated heterocycles. The third-order valence-corrected chi connectivity index (χ3v) is 2.50. The van der Waals surface area contributed by atoms with Gasteiger partial charge in [0.15, 0.2) is 0 Å². The average molecular weight is 580 g/mol. The summed E-state index contributed by atoms with van der Waals surface area (Å²) in [6, 6.07) is 20.9. The zero-order valence-electron chi connectivity index (χ0n) is 16.6. The second-order valence-corrected chi connectivity index (χ2v) is 4.78. The van der Waals surface area contributed by atoms with Gasteiger partial charge >= 0.3 is 0 Å². The largest absolute Gasteiger partial charge is 0.370 e. The molecule has 0 atom stereocenters. The van der Waals surface area contributed by atoms with Gasteiger partial charge in [-0.15, -0.1) is 6.92 Å². The third kappa shape index (κ3) is 33.3. The van der Waals surface area contributed by atoms with E-state index in [2.05, 4.69) is 83.1 Å². The average Bonchev–Trinajstić information content (AvgIpc) is 2.58. The van der Waals surface area contributed by atoms with Gasteiger partial charge in [-0.1, -0.05) is 81.9 Å². The molecule has 0 nitrogen and oxygen atoms in total. The maximum absolute atomic E-state index is 3.53. The van der Waals surface area contributed by atoms with Gasteiger partial charge in [-0.3, -0.25) is 0 Å². The molecule has 0 amide bonds. The molecule has 3 radical (unpaired) electrons. The topological polar surface area (TPSA) is 0 Å². The molecule has 0 bridgehead atoms. The second kappa shape index (κ2) is 34.3. The van der Waals surface area contributed by atoms with E-state index < -0.39 is 0 Å². The summed E-state index contributed by atoms with van der Waals surface area (Å²) in [5.74, 6) is 0.333. The van der Waals surface area contributed by atoms with E-state index in [0.29, 0.717) is 5.92 Å². The molecule has 0 fully saturated rings. The normalized spacial score (nSPS) is 7.23. The molecule has 0 heterocycles.